The number of halogens is 2. The van der Waals surface area contributed by atoms with Crippen LogP contribution in [0.25, 0.3) is 10.9 Å². The van der Waals surface area contributed by atoms with Gasteiger partial charge in [-0.15, -0.1) is 0 Å². The van der Waals surface area contributed by atoms with Gasteiger partial charge in [0.2, 0.25) is 0 Å². The smallest absolute Gasteiger partial charge is 0.152 e. The molecular formula is C19H16BrFN2O. The van der Waals surface area contributed by atoms with Gasteiger partial charge < -0.3 is 4.74 Å². The maximum absolute atomic E-state index is 14.3. The lowest BCUT2D eigenvalue weighted by atomic mass is 10.1. The number of ether oxygens (including phenoxy) is 1. The van der Waals surface area contributed by atoms with E-state index < -0.39 is 0 Å². The SMILES string of the molecule is Fc1cc2c(c3ncccc13)OCN(CCc1cccc(Br)c1)C2. The summed E-state index contributed by atoms with van der Waals surface area (Å²) < 4.78 is 21.3. The molecule has 1 aliphatic heterocycles. The fraction of sp³-hybridized carbons (Fsp3) is 0.211. The van der Waals surface area contributed by atoms with E-state index in [2.05, 4.69) is 37.9 Å². The predicted molar refractivity (Wildman–Crippen MR) is 95.5 cm³/mol. The van der Waals surface area contributed by atoms with E-state index in [1.807, 2.05) is 12.1 Å². The maximum Gasteiger partial charge on any atom is 0.152 e. The molecule has 4 rings (SSSR count). The van der Waals surface area contributed by atoms with Crippen LogP contribution in [0.5, 0.6) is 5.75 Å². The van der Waals surface area contributed by atoms with Crippen molar-refractivity contribution >= 4 is 26.8 Å². The lowest BCUT2D eigenvalue weighted by Crippen LogP contribution is -2.33. The van der Waals surface area contributed by atoms with Gasteiger partial charge in [-0.05, 0) is 42.3 Å². The third-order valence-corrected chi connectivity index (χ3v) is 4.76. The molecule has 1 aromatic heterocycles. The van der Waals surface area contributed by atoms with Crippen molar-refractivity contribution in [1.29, 1.82) is 0 Å². The molecule has 0 aliphatic carbocycles. The molecule has 122 valence electrons. The Hall–Kier alpha value is -1.98. The molecule has 3 nitrogen and oxygen atoms in total. The van der Waals surface area contributed by atoms with Gasteiger partial charge in [0.25, 0.3) is 0 Å². The van der Waals surface area contributed by atoms with Crippen LogP contribution in [-0.2, 0) is 13.0 Å². The number of nitrogens with zero attached hydrogens (tertiary/aromatic N) is 2. The van der Waals surface area contributed by atoms with Crippen molar-refractivity contribution in [2.45, 2.75) is 13.0 Å². The van der Waals surface area contributed by atoms with Gasteiger partial charge in [0, 0.05) is 34.7 Å². The Labute approximate surface area is 148 Å². The fourth-order valence-electron chi connectivity index (χ4n) is 3.07. The standard InChI is InChI=1S/C19H16BrFN2O/c20-15-4-1-3-13(9-15)6-8-23-11-14-10-17(21)16-5-2-7-22-18(16)19(14)24-12-23/h1-5,7,9-10H,6,8,11-12H2. The van der Waals surface area contributed by atoms with Gasteiger partial charge in [-0.3, -0.25) is 9.88 Å². The summed E-state index contributed by atoms with van der Waals surface area (Å²) >= 11 is 3.49. The van der Waals surface area contributed by atoms with Crippen molar-refractivity contribution in [1.82, 2.24) is 9.88 Å². The summed E-state index contributed by atoms with van der Waals surface area (Å²) in [4.78, 5) is 6.47. The molecule has 0 atom stereocenters. The van der Waals surface area contributed by atoms with Crippen molar-refractivity contribution in [3.8, 4) is 5.75 Å². The van der Waals surface area contributed by atoms with E-state index in [0.29, 0.717) is 29.9 Å². The van der Waals surface area contributed by atoms with Crippen molar-refractivity contribution < 1.29 is 9.13 Å². The van der Waals surface area contributed by atoms with Crippen LogP contribution < -0.4 is 4.74 Å². The van der Waals surface area contributed by atoms with Gasteiger partial charge in [-0.25, -0.2) is 4.39 Å². The molecule has 0 fully saturated rings. The molecule has 0 unspecified atom stereocenters. The van der Waals surface area contributed by atoms with Crippen LogP contribution >= 0.6 is 15.9 Å². The summed E-state index contributed by atoms with van der Waals surface area (Å²) in [7, 11) is 0. The Kier molecular flexibility index (Phi) is 4.21. The zero-order chi connectivity index (χ0) is 16.5. The highest BCUT2D eigenvalue weighted by Crippen LogP contribution is 2.33. The highest BCUT2D eigenvalue weighted by Gasteiger charge is 2.22. The summed E-state index contributed by atoms with van der Waals surface area (Å²) in [5.74, 6) is 0.472. The number of pyridine rings is 1. The minimum Gasteiger partial charge on any atom is -0.475 e. The van der Waals surface area contributed by atoms with Crippen LogP contribution in [0.1, 0.15) is 11.1 Å². The second kappa shape index (κ2) is 6.49. The molecule has 5 heteroatoms. The minimum atomic E-state index is -0.241. The van der Waals surface area contributed by atoms with E-state index in [4.69, 9.17) is 4.74 Å². The average molecular weight is 387 g/mol. The zero-order valence-corrected chi connectivity index (χ0v) is 14.6. The Morgan fingerprint density at radius 1 is 1.21 bits per heavy atom. The van der Waals surface area contributed by atoms with Crippen LogP contribution in [0.15, 0.2) is 53.1 Å². The van der Waals surface area contributed by atoms with E-state index in [9.17, 15) is 4.39 Å². The number of aromatic nitrogens is 1. The monoisotopic (exact) mass is 386 g/mol. The van der Waals surface area contributed by atoms with Crippen LogP contribution in [0.2, 0.25) is 0 Å². The Morgan fingerprint density at radius 2 is 2.12 bits per heavy atom. The summed E-state index contributed by atoms with van der Waals surface area (Å²) in [6.07, 6.45) is 2.59. The molecule has 0 saturated carbocycles. The van der Waals surface area contributed by atoms with Gasteiger partial charge in [-0.1, -0.05) is 28.1 Å². The van der Waals surface area contributed by atoms with E-state index in [0.717, 1.165) is 23.0 Å². The first-order chi connectivity index (χ1) is 11.7. The van der Waals surface area contributed by atoms with Crippen LogP contribution in [0.3, 0.4) is 0 Å². The van der Waals surface area contributed by atoms with Crippen LogP contribution in [0, 0.1) is 5.82 Å². The molecule has 3 aromatic rings. The van der Waals surface area contributed by atoms with Crippen molar-refractivity contribution in [3.63, 3.8) is 0 Å². The Balaban J connectivity index is 1.53. The van der Waals surface area contributed by atoms with Gasteiger partial charge in [0.15, 0.2) is 5.75 Å². The summed E-state index contributed by atoms with van der Waals surface area (Å²) in [5.41, 5.74) is 2.74. The van der Waals surface area contributed by atoms with Gasteiger partial charge in [0.1, 0.15) is 18.1 Å². The number of benzene rings is 2. The van der Waals surface area contributed by atoms with Gasteiger partial charge in [-0.2, -0.15) is 0 Å². The molecule has 0 radical (unpaired) electrons. The average Bonchev–Trinajstić information content (AvgIpc) is 2.60. The summed E-state index contributed by atoms with van der Waals surface area (Å²) in [6, 6.07) is 13.3. The first-order valence-electron chi connectivity index (χ1n) is 7.86. The van der Waals surface area contributed by atoms with Crippen LogP contribution in [-0.4, -0.2) is 23.2 Å². The quantitative estimate of drug-likeness (QED) is 0.660. The molecule has 1 aliphatic rings. The largest absolute Gasteiger partial charge is 0.475 e. The zero-order valence-electron chi connectivity index (χ0n) is 13.0. The maximum atomic E-state index is 14.3. The number of rotatable bonds is 3. The molecule has 24 heavy (non-hydrogen) atoms. The summed E-state index contributed by atoms with van der Waals surface area (Å²) in [6.45, 7) is 2.03. The van der Waals surface area contributed by atoms with Gasteiger partial charge in [0.05, 0.1) is 0 Å². The molecule has 0 amide bonds. The molecule has 0 saturated heterocycles. The molecular weight excluding hydrogens is 371 g/mol. The molecule has 0 N–H and O–H groups in total. The Bertz CT molecular complexity index is 900. The molecule has 0 spiro atoms. The number of hydrogen-bond donors (Lipinski definition) is 0. The normalized spacial score (nSPS) is 14.4. The molecule has 0 bridgehead atoms. The highest BCUT2D eigenvalue weighted by molar-refractivity contribution is 9.10. The van der Waals surface area contributed by atoms with Crippen LogP contribution in [0.4, 0.5) is 4.39 Å². The first kappa shape index (κ1) is 15.5. The second-order valence-electron chi connectivity index (χ2n) is 5.95. The highest BCUT2D eigenvalue weighted by atomic mass is 79.9. The van der Waals surface area contributed by atoms with E-state index in [-0.39, 0.29) is 5.82 Å². The van der Waals surface area contributed by atoms with Gasteiger partial charge >= 0.3 is 0 Å². The van der Waals surface area contributed by atoms with Crippen molar-refractivity contribution in [2.24, 2.45) is 0 Å². The van der Waals surface area contributed by atoms with Crippen molar-refractivity contribution in [2.75, 3.05) is 13.3 Å². The third kappa shape index (κ3) is 3.01. The van der Waals surface area contributed by atoms with E-state index in [1.165, 1.54) is 5.56 Å². The van der Waals surface area contributed by atoms with E-state index in [1.54, 1.807) is 24.4 Å². The van der Waals surface area contributed by atoms with E-state index >= 15 is 0 Å². The predicted octanol–water partition coefficient (Wildman–Crippen LogP) is 4.53. The topological polar surface area (TPSA) is 25.4 Å². The molecule has 2 heterocycles. The lowest BCUT2D eigenvalue weighted by Gasteiger charge is -2.29. The first-order valence-corrected chi connectivity index (χ1v) is 8.66. The summed E-state index contributed by atoms with van der Waals surface area (Å²) in [5, 5.41) is 0.513. The minimum absolute atomic E-state index is 0.241. The number of fused-ring (bicyclic) bond motifs is 3. The molecule has 2 aromatic carbocycles. The Morgan fingerprint density at radius 3 is 3.00 bits per heavy atom. The second-order valence-corrected chi connectivity index (χ2v) is 6.87. The lowest BCUT2D eigenvalue weighted by molar-refractivity contribution is 0.0978. The number of hydrogen-bond acceptors (Lipinski definition) is 3. The fourth-order valence-corrected chi connectivity index (χ4v) is 3.52. The third-order valence-electron chi connectivity index (χ3n) is 4.26. The van der Waals surface area contributed by atoms with Crippen molar-refractivity contribution in [3.05, 3.63) is 70.1 Å².